The third-order valence-corrected chi connectivity index (χ3v) is 5.12. The van der Waals surface area contributed by atoms with E-state index < -0.39 is 0 Å². The van der Waals surface area contributed by atoms with E-state index in [1.54, 1.807) is 12.1 Å². The Bertz CT molecular complexity index is 562. The Hall–Kier alpha value is -0.900. The van der Waals surface area contributed by atoms with Crippen molar-refractivity contribution in [3.8, 4) is 0 Å². The van der Waals surface area contributed by atoms with Crippen LogP contribution in [0.25, 0.3) is 0 Å². The van der Waals surface area contributed by atoms with Gasteiger partial charge in [-0.1, -0.05) is 31.5 Å². The van der Waals surface area contributed by atoms with Crippen LogP contribution in [0, 0.1) is 5.82 Å². The van der Waals surface area contributed by atoms with Crippen molar-refractivity contribution in [1.82, 2.24) is 5.32 Å². The maximum absolute atomic E-state index is 13.9. The van der Waals surface area contributed by atoms with Crippen molar-refractivity contribution in [3.05, 3.63) is 56.5 Å². The van der Waals surface area contributed by atoms with Gasteiger partial charge >= 0.3 is 0 Å². The summed E-state index contributed by atoms with van der Waals surface area (Å²) in [4.78, 5) is 2.73. The number of halogens is 2. The van der Waals surface area contributed by atoms with Gasteiger partial charge in [-0.05, 0) is 50.1 Å². The third-order valence-electron chi connectivity index (χ3n) is 3.52. The Morgan fingerprint density at radius 3 is 2.52 bits per heavy atom. The van der Waals surface area contributed by atoms with Crippen molar-refractivity contribution >= 4 is 22.9 Å². The van der Waals surface area contributed by atoms with Gasteiger partial charge in [-0.15, -0.1) is 11.3 Å². The predicted octanol–water partition coefficient (Wildman–Crippen LogP) is 4.87. The first-order valence-electron chi connectivity index (χ1n) is 7.37. The summed E-state index contributed by atoms with van der Waals surface area (Å²) in [5, 5.41) is 3.95. The molecule has 114 valence electrons. The van der Waals surface area contributed by atoms with Gasteiger partial charge in [-0.25, -0.2) is 4.39 Å². The first-order chi connectivity index (χ1) is 10.1. The minimum Gasteiger partial charge on any atom is -0.314 e. The van der Waals surface area contributed by atoms with Crippen LogP contribution in [0.5, 0.6) is 0 Å². The van der Waals surface area contributed by atoms with Crippen LogP contribution in [0.1, 0.15) is 29.2 Å². The lowest BCUT2D eigenvalue weighted by molar-refractivity contribution is 0.508. The number of aryl methyl sites for hydroxylation is 1. The number of likely N-dealkylation sites (N-methyl/N-ethyl adjacent to an activating group) is 1. The fourth-order valence-electron chi connectivity index (χ4n) is 2.44. The van der Waals surface area contributed by atoms with Crippen LogP contribution < -0.4 is 5.32 Å². The molecule has 0 radical (unpaired) electrons. The second kappa shape index (κ2) is 7.92. The summed E-state index contributed by atoms with van der Waals surface area (Å²) >= 11 is 7.98. The quantitative estimate of drug-likeness (QED) is 0.766. The van der Waals surface area contributed by atoms with Crippen LogP contribution >= 0.6 is 22.9 Å². The normalized spacial score (nSPS) is 12.6. The fourth-order valence-corrected chi connectivity index (χ4v) is 3.72. The molecule has 1 unspecified atom stereocenters. The van der Waals surface area contributed by atoms with Crippen LogP contribution in [0.15, 0.2) is 30.3 Å². The molecule has 1 heterocycles. The van der Waals surface area contributed by atoms with Gasteiger partial charge in [0.1, 0.15) is 5.82 Å². The second-order valence-electron chi connectivity index (χ2n) is 5.08. The molecular weight excluding hydrogens is 305 g/mol. The van der Waals surface area contributed by atoms with E-state index in [0.717, 1.165) is 19.4 Å². The van der Waals surface area contributed by atoms with Gasteiger partial charge in [0.25, 0.3) is 0 Å². The lowest BCUT2D eigenvalue weighted by Crippen LogP contribution is -2.33. The molecule has 0 aliphatic rings. The van der Waals surface area contributed by atoms with Gasteiger partial charge in [-0.3, -0.25) is 0 Å². The first kappa shape index (κ1) is 16.5. The average molecular weight is 326 g/mol. The van der Waals surface area contributed by atoms with Crippen LogP contribution in [0.3, 0.4) is 0 Å². The highest BCUT2D eigenvalue weighted by atomic mass is 35.5. The molecule has 2 aromatic rings. The molecule has 2 rings (SSSR count). The molecule has 0 saturated carbocycles. The number of nitrogens with one attached hydrogen (secondary N) is 1. The van der Waals surface area contributed by atoms with Crippen molar-refractivity contribution in [1.29, 1.82) is 0 Å². The number of rotatable bonds is 7. The topological polar surface area (TPSA) is 12.0 Å². The Kier molecular flexibility index (Phi) is 6.22. The minimum absolute atomic E-state index is 0.202. The molecule has 0 saturated heterocycles. The van der Waals surface area contributed by atoms with Crippen LogP contribution in [0.2, 0.25) is 5.02 Å². The Morgan fingerprint density at radius 1 is 1.14 bits per heavy atom. The van der Waals surface area contributed by atoms with Gasteiger partial charge in [-0.2, -0.15) is 0 Å². The lowest BCUT2D eigenvalue weighted by Gasteiger charge is -2.18. The van der Waals surface area contributed by atoms with Gasteiger partial charge in [0.05, 0.1) is 0 Å². The molecule has 0 spiro atoms. The van der Waals surface area contributed by atoms with Crippen LogP contribution in [-0.2, 0) is 19.3 Å². The lowest BCUT2D eigenvalue weighted by atomic mass is 10.0. The summed E-state index contributed by atoms with van der Waals surface area (Å²) in [6, 6.07) is 9.44. The van der Waals surface area contributed by atoms with Gasteiger partial charge < -0.3 is 5.32 Å². The molecule has 1 aromatic heterocycles. The smallest absolute Gasteiger partial charge is 0.127 e. The van der Waals surface area contributed by atoms with E-state index >= 15 is 0 Å². The highest BCUT2D eigenvalue weighted by Crippen LogP contribution is 2.23. The van der Waals surface area contributed by atoms with Gasteiger partial charge in [0.2, 0.25) is 0 Å². The van der Waals surface area contributed by atoms with E-state index in [1.165, 1.54) is 15.8 Å². The molecule has 1 N–H and O–H groups in total. The zero-order chi connectivity index (χ0) is 15.2. The summed E-state index contributed by atoms with van der Waals surface area (Å²) < 4.78 is 13.9. The molecule has 0 aliphatic heterocycles. The molecular formula is C17H21ClFNS. The van der Waals surface area contributed by atoms with Crippen LogP contribution in [-0.4, -0.2) is 12.6 Å². The Balaban J connectivity index is 2.11. The maximum atomic E-state index is 13.9. The molecule has 0 bridgehead atoms. The van der Waals surface area contributed by atoms with E-state index in [9.17, 15) is 4.39 Å². The van der Waals surface area contributed by atoms with E-state index in [0.29, 0.717) is 17.0 Å². The van der Waals surface area contributed by atoms with Gasteiger partial charge in [0, 0.05) is 26.4 Å². The first-order valence-corrected chi connectivity index (χ1v) is 8.57. The van der Waals surface area contributed by atoms with Crippen molar-refractivity contribution < 1.29 is 4.39 Å². The van der Waals surface area contributed by atoms with Gasteiger partial charge in [0.15, 0.2) is 0 Å². The minimum atomic E-state index is -0.217. The molecule has 21 heavy (non-hydrogen) atoms. The molecule has 1 nitrogen and oxygen atoms in total. The zero-order valence-electron chi connectivity index (χ0n) is 12.5. The maximum Gasteiger partial charge on any atom is 0.127 e. The third kappa shape index (κ3) is 4.53. The molecule has 1 atom stereocenters. The van der Waals surface area contributed by atoms with Crippen molar-refractivity contribution in [2.75, 3.05) is 6.54 Å². The predicted molar refractivity (Wildman–Crippen MR) is 90.0 cm³/mol. The Morgan fingerprint density at radius 2 is 1.90 bits per heavy atom. The molecule has 4 heteroatoms. The number of hydrogen-bond acceptors (Lipinski definition) is 2. The largest absolute Gasteiger partial charge is 0.314 e. The fraction of sp³-hybridized carbons (Fsp3) is 0.412. The highest BCUT2D eigenvalue weighted by molar-refractivity contribution is 7.11. The van der Waals surface area contributed by atoms with Crippen molar-refractivity contribution in [2.24, 2.45) is 0 Å². The van der Waals surface area contributed by atoms with E-state index in [1.807, 2.05) is 11.3 Å². The zero-order valence-corrected chi connectivity index (χ0v) is 14.0. The number of thiophene rings is 1. The number of benzene rings is 1. The summed E-state index contributed by atoms with van der Waals surface area (Å²) in [7, 11) is 0. The van der Waals surface area contributed by atoms with E-state index in [-0.39, 0.29) is 11.9 Å². The molecule has 0 aliphatic carbocycles. The van der Waals surface area contributed by atoms with E-state index in [2.05, 4.69) is 31.3 Å². The van der Waals surface area contributed by atoms with Crippen molar-refractivity contribution in [2.45, 2.75) is 39.2 Å². The van der Waals surface area contributed by atoms with Crippen LogP contribution in [0.4, 0.5) is 4.39 Å². The summed E-state index contributed by atoms with van der Waals surface area (Å²) in [6.07, 6.45) is 2.58. The van der Waals surface area contributed by atoms with Crippen molar-refractivity contribution in [3.63, 3.8) is 0 Å². The molecule has 1 aromatic carbocycles. The SMILES string of the molecule is CCNC(Cc1ccc(CC)s1)Cc1c(F)cccc1Cl. The summed E-state index contributed by atoms with van der Waals surface area (Å²) in [5.41, 5.74) is 0.609. The standard InChI is InChI=1S/C17H21ClFNS/c1-3-13-8-9-14(21-13)10-12(20-4-2)11-15-16(18)6-5-7-17(15)19/h5-9,12,20H,3-4,10-11H2,1-2H3. The second-order valence-corrected chi connectivity index (χ2v) is 6.74. The average Bonchev–Trinajstić information content (AvgIpc) is 2.91. The molecule has 0 fully saturated rings. The molecule has 0 amide bonds. The number of hydrogen-bond donors (Lipinski definition) is 1. The summed E-state index contributed by atoms with van der Waals surface area (Å²) in [6.45, 7) is 5.10. The highest BCUT2D eigenvalue weighted by Gasteiger charge is 2.15. The summed E-state index contributed by atoms with van der Waals surface area (Å²) in [5.74, 6) is -0.217. The van der Waals surface area contributed by atoms with E-state index in [4.69, 9.17) is 11.6 Å². The Labute approximate surface area is 135 Å². The monoisotopic (exact) mass is 325 g/mol.